The Bertz CT molecular complexity index is 453. The van der Waals surface area contributed by atoms with Gasteiger partial charge in [-0.2, -0.15) is 0 Å². The lowest BCUT2D eigenvalue weighted by Gasteiger charge is -2.31. The van der Waals surface area contributed by atoms with E-state index in [0.29, 0.717) is 29.1 Å². The molecule has 1 amide bonds. The second-order valence-electron chi connectivity index (χ2n) is 4.34. The predicted molar refractivity (Wildman–Crippen MR) is 80.6 cm³/mol. The number of methoxy groups -OCH3 is 1. The highest BCUT2D eigenvalue weighted by molar-refractivity contribution is 7.80. The van der Waals surface area contributed by atoms with E-state index in [9.17, 15) is 4.79 Å². The van der Waals surface area contributed by atoms with Crippen LogP contribution in [0.4, 0.5) is 0 Å². The highest BCUT2D eigenvalue weighted by Gasteiger charge is 2.31. The number of rotatable bonds is 6. The van der Waals surface area contributed by atoms with E-state index in [-0.39, 0.29) is 5.91 Å². The summed E-state index contributed by atoms with van der Waals surface area (Å²) in [4.78, 5) is 12.5. The molecule has 0 heterocycles. The van der Waals surface area contributed by atoms with Crippen LogP contribution in [0.15, 0.2) is 24.3 Å². The molecule has 5 heteroatoms. The number of amides is 1. The first-order valence-electron chi connectivity index (χ1n) is 6.25. The van der Waals surface area contributed by atoms with Crippen LogP contribution in [-0.2, 0) is 0 Å². The maximum absolute atomic E-state index is 12.2. The van der Waals surface area contributed by atoms with Gasteiger partial charge in [-0.05, 0) is 37.1 Å². The summed E-state index contributed by atoms with van der Waals surface area (Å²) in [6.45, 7) is 3.91. The third kappa shape index (κ3) is 3.44. The SMILES string of the molecule is CCC(CC)(NC(=O)c1ccc(OC)cc1)C(N)=S. The second-order valence-corrected chi connectivity index (χ2v) is 4.78. The van der Waals surface area contributed by atoms with Crippen molar-refractivity contribution in [2.45, 2.75) is 32.2 Å². The summed E-state index contributed by atoms with van der Waals surface area (Å²) in [7, 11) is 1.58. The van der Waals surface area contributed by atoms with Gasteiger partial charge < -0.3 is 15.8 Å². The van der Waals surface area contributed by atoms with Crippen LogP contribution in [-0.4, -0.2) is 23.5 Å². The minimum atomic E-state index is -0.619. The molecular weight excluding hydrogens is 260 g/mol. The Morgan fingerprint density at radius 3 is 2.21 bits per heavy atom. The summed E-state index contributed by atoms with van der Waals surface area (Å²) in [5.41, 5.74) is 5.70. The number of nitrogens with two attached hydrogens (primary N) is 1. The van der Waals surface area contributed by atoms with Gasteiger partial charge in [-0.1, -0.05) is 26.1 Å². The molecule has 1 rings (SSSR count). The van der Waals surface area contributed by atoms with Crippen LogP contribution < -0.4 is 15.8 Å². The average molecular weight is 280 g/mol. The van der Waals surface area contributed by atoms with E-state index >= 15 is 0 Å². The van der Waals surface area contributed by atoms with Crippen molar-refractivity contribution < 1.29 is 9.53 Å². The first-order chi connectivity index (χ1) is 8.99. The van der Waals surface area contributed by atoms with Gasteiger partial charge in [0.25, 0.3) is 5.91 Å². The van der Waals surface area contributed by atoms with Crippen LogP contribution in [0.25, 0.3) is 0 Å². The molecule has 1 aromatic rings. The number of nitrogens with one attached hydrogen (secondary N) is 1. The second kappa shape index (κ2) is 6.52. The van der Waals surface area contributed by atoms with Crippen molar-refractivity contribution in [1.29, 1.82) is 0 Å². The summed E-state index contributed by atoms with van der Waals surface area (Å²) >= 11 is 5.08. The summed E-state index contributed by atoms with van der Waals surface area (Å²) < 4.78 is 5.06. The number of ether oxygens (including phenoxy) is 1. The Hall–Kier alpha value is -1.62. The third-order valence-corrected chi connectivity index (χ3v) is 3.77. The average Bonchev–Trinajstić information content (AvgIpc) is 2.44. The molecule has 0 fully saturated rings. The zero-order chi connectivity index (χ0) is 14.5. The molecule has 1 aromatic carbocycles. The molecule has 19 heavy (non-hydrogen) atoms. The summed E-state index contributed by atoms with van der Waals surface area (Å²) in [6.07, 6.45) is 1.33. The van der Waals surface area contributed by atoms with E-state index in [1.54, 1.807) is 31.4 Å². The molecule has 0 bridgehead atoms. The van der Waals surface area contributed by atoms with Gasteiger partial charge in [0.2, 0.25) is 0 Å². The molecule has 0 atom stereocenters. The fraction of sp³-hybridized carbons (Fsp3) is 0.429. The lowest BCUT2D eigenvalue weighted by atomic mass is 9.92. The quantitative estimate of drug-likeness (QED) is 0.785. The summed E-state index contributed by atoms with van der Waals surface area (Å²) in [5, 5.41) is 2.94. The molecular formula is C14H20N2O2S. The highest BCUT2D eigenvalue weighted by Crippen LogP contribution is 2.18. The van der Waals surface area contributed by atoms with Gasteiger partial charge in [0.1, 0.15) is 5.75 Å². The standard InChI is InChI=1S/C14H20N2O2S/c1-4-14(5-2,13(15)19)16-12(17)10-6-8-11(18-3)9-7-10/h6-9H,4-5H2,1-3H3,(H2,15,19)(H,16,17). The van der Waals surface area contributed by atoms with Crippen molar-refractivity contribution in [3.05, 3.63) is 29.8 Å². The van der Waals surface area contributed by atoms with Crippen molar-refractivity contribution in [3.8, 4) is 5.75 Å². The van der Waals surface area contributed by atoms with Gasteiger partial charge in [0.15, 0.2) is 0 Å². The smallest absolute Gasteiger partial charge is 0.252 e. The maximum Gasteiger partial charge on any atom is 0.252 e. The van der Waals surface area contributed by atoms with Crippen LogP contribution in [0.3, 0.4) is 0 Å². The van der Waals surface area contributed by atoms with E-state index in [1.807, 2.05) is 13.8 Å². The van der Waals surface area contributed by atoms with Crippen LogP contribution in [0.5, 0.6) is 5.75 Å². The van der Waals surface area contributed by atoms with Crippen molar-refractivity contribution in [2.75, 3.05) is 7.11 Å². The van der Waals surface area contributed by atoms with Crippen LogP contribution in [0.2, 0.25) is 0 Å². The molecule has 0 aliphatic rings. The Kier molecular flexibility index (Phi) is 5.30. The minimum Gasteiger partial charge on any atom is -0.497 e. The fourth-order valence-corrected chi connectivity index (χ4v) is 2.21. The first-order valence-corrected chi connectivity index (χ1v) is 6.66. The molecule has 0 unspecified atom stereocenters. The van der Waals surface area contributed by atoms with Crippen LogP contribution in [0.1, 0.15) is 37.0 Å². The summed E-state index contributed by atoms with van der Waals surface area (Å²) in [6, 6.07) is 6.91. The van der Waals surface area contributed by atoms with Gasteiger partial charge in [-0.15, -0.1) is 0 Å². The van der Waals surface area contributed by atoms with Gasteiger partial charge in [-0.3, -0.25) is 4.79 Å². The Morgan fingerprint density at radius 1 is 1.32 bits per heavy atom. The number of benzene rings is 1. The molecule has 0 aromatic heterocycles. The molecule has 4 nitrogen and oxygen atoms in total. The zero-order valence-corrected chi connectivity index (χ0v) is 12.3. The van der Waals surface area contributed by atoms with Gasteiger partial charge in [0, 0.05) is 5.56 Å². The van der Waals surface area contributed by atoms with Crippen molar-refractivity contribution in [3.63, 3.8) is 0 Å². The fourth-order valence-electron chi connectivity index (χ4n) is 1.87. The number of hydrogen-bond donors (Lipinski definition) is 2. The van der Waals surface area contributed by atoms with Gasteiger partial charge in [-0.25, -0.2) is 0 Å². The zero-order valence-electron chi connectivity index (χ0n) is 11.5. The largest absolute Gasteiger partial charge is 0.497 e. The molecule has 0 aliphatic heterocycles. The minimum absolute atomic E-state index is 0.181. The van der Waals surface area contributed by atoms with Gasteiger partial charge >= 0.3 is 0 Å². The third-order valence-electron chi connectivity index (χ3n) is 3.38. The van der Waals surface area contributed by atoms with Gasteiger partial charge in [0.05, 0.1) is 17.6 Å². The molecule has 0 radical (unpaired) electrons. The van der Waals surface area contributed by atoms with E-state index in [1.165, 1.54) is 0 Å². The summed E-state index contributed by atoms with van der Waals surface area (Å²) in [5.74, 6) is 0.530. The van der Waals surface area contributed by atoms with Crippen molar-refractivity contribution >= 4 is 23.1 Å². The highest BCUT2D eigenvalue weighted by atomic mass is 32.1. The van der Waals surface area contributed by atoms with E-state index in [4.69, 9.17) is 22.7 Å². The Balaban J connectivity index is 2.90. The van der Waals surface area contributed by atoms with Crippen molar-refractivity contribution in [2.24, 2.45) is 5.73 Å². The molecule has 0 spiro atoms. The molecule has 0 saturated carbocycles. The number of hydrogen-bond acceptors (Lipinski definition) is 3. The number of carbonyl (C=O) groups is 1. The molecule has 104 valence electrons. The molecule has 0 saturated heterocycles. The Morgan fingerprint density at radius 2 is 1.84 bits per heavy atom. The van der Waals surface area contributed by atoms with E-state index in [0.717, 1.165) is 0 Å². The number of carbonyl (C=O) groups excluding carboxylic acids is 1. The first kappa shape index (κ1) is 15.4. The monoisotopic (exact) mass is 280 g/mol. The normalized spacial score (nSPS) is 10.9. The lowest BCUT2D eigenvalue weighted by molar-refractivity contribution is 0.0920. The van der Waals surface area contributed by atoms with Crippen LogP contribution >= 0.6 is 12.2 Å². The maximum atomic E-state index is 12.2. The topological polar surface area (TPSA) is 64.3 Å². The van der Waals surface area contributed by atoms with Crippen molar-refractivity contribution in [1.82, 2.24) is 5.32 Å². The molecule has 0 aliphatic carbocycles. The predicted octanol–water partition coefficient (Wildman–Crippen LogP) is 2.27. The number of thiocarbonyl (C=S) groups is 1. The Labute approximate surface area is 119 Å². The van der Waals surface area contributed by atoms with E-state index in [2.05, 4.69) is 5.32 Å². The molecule has 3 N–H and O–H groups in total. The van der Waals surface area contributed by atoms with Crippen LogP contribution in [0, 0.1) is 0 Å². The lowest BCUT2D eigenvalue weighted by Crippen LogP contribution is -2.55. The van der Waals surface area contributed by atoms with E-state index < -0.39 is 5.54 Å².